The normalized spacial score (nSPS) is 21.1. The van der Waals surface area contributed by atoms with E-state index in [1.165, 1.54) is 6.92 Å². The molecule has 130 valence electrons. The van der Waals surface area contributed by atoms with Crippen molar-refractivity contribution in [3.05, 3.63) is 35.4 Å². The number of hydrogen-bond acceptors (Lipinski definition) is 3. The van der Waals surface area contributed by atoms with Crippen LogP contribution in [0.4, 0.5) is 0 Å². The van der Waals surface area contributed by atoms with E-state index in [9.17, 15) is 9.59 Å². The Labute approximate surface area is 143 Å². The smallest absolute Gasteiger partial charge is 0.243 e. The molecule has 1 aliphatic heterocycles. The van der Waals surface area contributed by atoms with Crippen LogP contribution in [-0.2, 0) is 27.3 Å². The van der Waals surface area contributed by atoms with E-state index < -0.39 is 6.04 Å². The van der Waals surface area contributed by atoms with Gasteiger partial charge in [-0.25, -0.2) is 0 Å². The van der Waals surface area contributed by atoms with Gasteiger partial charge in [-0.15, -0.1) is 0 Å². The molecule has 1 N–H and O–H groups in total. The molecule has 1 atom stereocenters. The van der Waals surface area contributed by atoms with E-state index in [0.29, 0.717) is 19.5 Å². The summed E-state index contributed by atoms with van der Waals surface area (Å²) in [5.74, 6) is -0.0893. The van der Waals surface area contributed by atoms with Crippen LogP contribution >= 0.6 is 0 Å². The van der Waals surface area contributed by atoms with E-state index in [1.54, 1.807) is 12.0 Å². The van der Waals surface area contributed by atoms with Crippen molar-refractivity contribution in [3.8, 4) is 0 Å². The van der Waals surface area contributed by atoms with E-state index in [2.05, 4.69) is 5.32 Å². The van der Waals surface area contributed by atoms with Crippen LogP contribution in [0.3, 0.4) is 0 Å². The lowest BCUT2D eigenvalue weighted by Crippen LogP contribution is -2.52. The Morgan fingerprint density at radius 2 is 2.00 bits per heavy atom. The molecule has 3 rings (SSSR count). The summed E-state index contributed by atoms with van der Waals surface area (Å²) in [6.07, 6.45) is 3.85. The highest BCUT2D eigenvalue weighted by molar-refractivity contribution is 5.87. The minimum absolute atomic E-state index is 0.0385. The molecule has 1 aromatic carbocycles. The Bertz CT molecular complexity index is 625. The fraction of sp³-hybridized carbons (Fsp3) is 0.579. The van der Waals surface area contributed by atoms with Gasteiger partial charge >= 0.3 is 0 Å². The van der Waals surface area contributed by atoms with E-state index in [-0.39, 0.29) is 17.2 Å². The number of rotatable bonds is 6. The van der Waals surface area contributed by atoms with Gasteiger partial charge in [-0.1, -0.05) is 24.3 Å². The fourth-order valence-electron chi connectivity index (χ4n) is 3.49. The number of fused-ring (bicyclic) bond motifs is 1. The second kappa shape index (κ2) is 6.93. The largest absolute Gasteiger partial charge is 0.385 e. The monoisotopic (exact) mass is 330 g/mol. The summed E-state index contributed by atoms with van der Waals surface area (Å²) in [4.78, 5) is 26.4. The number of nitrogens with zero attached hydrogens (tertiary/aromatic N) is 1. The van der Waals surface area contributed by atoms with Crippen molar-refractivity contribution in [2.45, 2.75) is 45.2 Å². The Balaban J connectivity index is 1.65. The predicted molar refractivity (Wildman–Crippen MR) is 91.3 cm³/mol. The van der Waals surface area contributed by atoms with Crippen LogP contribution in [0.15, 0.2) is 24.3 Å². The summed E-state index contributed by atoms with van der Waals surface area (Å²) >= 11 is 0. The van der Waals surface area contributed by atoms with E-state index in [1.807, 2.05) is 24.3 Å². The van der Waals surface area contributed by atoms with E-state index >= 15 is 0 Å². The average molecular weight is 330 g/mol. The van der Waals surface area contributed by atoms with Crippen LogP contribution in [-0.4, -0.2) is 43.0 Å². The highest BCUT2D eigenvalue weighted by Gasteiger charge is 2.43. The molecular weight excluding hydrogens is 304 g/mol. The maximum absolute atomic E-state index is 12.7. The molecular formula is C19H26N2O3. The number of benzene rings is 1. The van der Waals surface area contributed by atoms with Crippen molar-refractivity contribution in [1.29, 1.82) is 0 Å². The SMILES string of the molecule is COCCC1(CNC(=O)C2Cc3ccccc3CN2C(C)=O)CC1. The highest BCUT2D eigenvalue weighted by atomic mass is 16.5. The summed E-state index contributed by atoms with van der Waals surface area (Å²) in [5, 5.41) is 3.09. The molecule has 24 heavy (non-hydrogen) atoms. The molecule has 1 fully saturated rings. The number of carbonyl (C=O) groups is 2. The first-order valence-corrected chi connectivity index (χ1v) is 8.65. The zero-order valence-electron chi connectivity index (χ0n) is 14.5. The standard InChI is InChI=1S/C19H26N2O3/c1-14(22)21-12-16-6-4-3-5-15(16)11-17(21)18(23)20-13-19(7-8-19)9-10-24-2/h3-6,17H,7-13H2,1-2H3,(H,20,23). The molecule has 1 unspecified atom stereocenters. The third-order valence-electron chi connectivity index (χ3n) is 5.39. The molecule has 2 amide bonds. The van der Waals surface area contributed by atoms with Crippen LogP contribution in [0, 0.1) is 5.41 Å². The molecule has 2 aliphatic rings. The number of nitrogens with one attached hydrogen (secondary N) is 1. The minimum Gasteiger partial charge on any atom is -0.385 e. The van der Waals surface area contributed by atoms with Crippen LogP contribution in [0.25, 0.3) is 0 Å². The molecule has 1 saturated carbocycles. The number of methoxy groups -OCH3 is 1. The Kier molecular flexibility index (Phi) is 4.90. The van der Waals surface area contributed by atoms with Gasteiger partial charge in [-0.05, 0) is 35.8 Å². The van der Waals surface area contributed by atoms with Crippen molar-refractivity contribution in [3.63, 3.8) is 0 Å². The van der Waals surface area contributed by atoms with Gasteiger partial charge in [-0.3, -0.25) is 9.59 Å². The summed E-state index contributed by atoms with van der Waals surface area (Å²) < 4.78 is 5.16. The van der Waals surface area contributed by atoms with Gasteiger partial charge in [0.1, 0.15) is 6.04 Å². The molecule has 0 radical (unpaired) electrons. The Hall–Kier alpha value is -1.88. The average Bonchev–Trinajstić information content (AvgIpc) is 3.37. The van der Waals surface area contributed by atoms with Gasteiger partial charge in [0.2, 0.25) is 11.8 Å². The third kappa shape index (κ3) is 3.61. The summed E-state index contributed by atoms with van der Waals surface area (Å²) in [6, 6.07) is 7.64. The van der Waals surface area contributed by atoms with Crippen LogP contribution in [0.1, 0.15) is 37.3 Å². The van der Waals surface area contributed by atoms with Crippen molar-refractivity contribution >= 4 is 11.8 Å². The fourth-order valence-corrected chi connectivity index (χ4v) is 3.49. The number of amides is 2. The van der Waals surface area contributed by atoms with Crippen LogP contribution < -0.4 is 5.32 Å². The number of carbonyl (C=O) groups excluding carboxylic acids is 2. The Morgan fingerprint density at radius 3 is 2.62 bits per heavy atom. The summed E-state index contributed by atoms with van der Waals surface area (Å²) in [7, 11) is 1.71. The lowest BCUT2D eigenvalue weighted by molar-refractivity contribution is -0.140. The van der Waals surface area contributed by atoms with Gasteiger partial charge in [0.15, 0.2) is 0 Å². The lowest BCUT2D eigenvalue weighted by Gasteiger charge is -2.35. The van der Waals surface area contributed by atoms with Crippen LogP contribution in [0.5, 0.6) is 0 Å². The number of hydrogen-bond donors (Lipinski definition) is 1. The van der Waals surface area contributed by atoms with Gasteiger partial charge in [-0.2, -0.15) is 0 Å². The summed E-state index contributed by atoms with van der Waals surface area (Å²) in [6.45, 7) is 3.46. The topological polar surface area (TPSA) is 58.6 Å². The van der Waals surface area contributed by atoms with Gasteiger partial charge < -0.3 is 15.0 Å². The molecule has 5 heteroatoms. The second-order valence-corrected chi connectivity index (χ2v) is 7.10. The van der Waals surface area contributed by atoms with E-state index in [4.69, 9.17) is 4.74 Å². The highest BCUT2D eigenvalue weighted by Crippen LogP contribution is 2.48. The van der Waals surface area contributed by atoms with Crippen molar-refractivity contribution in [2.75, 3.05) is 20.3 Å². The maximum atomic E-state index is 12.7. The van der Waals surface area contributed by atoms with Crippen molar-refractivity contribution in [1.82, 2.24) is 10.2 Å². The third-order valence-corrected chi connectivity index (χ3v) is 5.39. The molecule has 0 bridgehead atoms. The predicted octanol–water partition coefficient (Wildman–Crippen LogP) is 1.89. The van der Waals surface area contributed by atoms with E-state index in [0.717, 1.165) is 37.0 Å². The minimum atomic E-state index is -0.407. The molecule has 5 nitrogen and oxygen atoms in total. The zero-order valence-corrected chi connectivity index (χ0v) is 14.5. The number of ether oxygens (including phenoxy) is 1. The molecule has 0 saturated heterocycles. The first kappa shape index (κ1) is 17.0. The molecule has 1 heterocycles. The molecule has 1 aromatic rings. The van der Waals surface area contributed by atoms with Gasteiger partial charge in [0.05, 0.1) is 0 Å². The first-order valence-electron chi connectivity index (χ1n) is 8.65. The van der Waals surface area contributed by atoms with Crippen LogP contribution in [0.2, 0.25) is 0 Å². The lowest BCUT2D eigenvalue weighted by atomic mass is 9.93. The quantitative estimate of drug-likeness (QED) is 0.866. The Morgan fingerprint density at radius 1 is 1.29 bits per heavy atom. The maximum Gasteiger partial charge on any atom is 0.243 e. The first-order chi connectivity index (χ1) is 11.5. The van der Waals surface area contributed by atoms with Crippen molar-refractivity contribution < 1.29 is 14.3 Å². The molecule has 0 aromatic heterocycles. The summed E-state index contributed by atoms with van der Waals surface area (Å²) in [5.41, 5.74) is 2.51. The second-order valence-electron chi connectivity index (χ2n) is 7.10. The zero-order chi connectivity index (χ0) is 17.2. The van der Waals surface area contributed by atoms with Gasteiger partial charge in [0, 0.05) is 40.2 Å². The van der Waals surface area contributed by atoms with Crippen molar-refractivity contribution in [2.24, 2.45) is 5.41 Å². The molecule has 0 spiro atoms. The van der Waals surface area contributed by atoms with Gasteiger partial charge in [0.25, 0.3) is 0 Å². The molecule has 1 aliphatic carbocycles.